The van der Waals surface area contributed by atoms with Crippen LogP contribution >= 0.6 is 0 Å². The highest BCUT2D eigenvalue weighted by Crippen LogP contribution is 2.56. The quantitative estimate of drug-likeness (QED) is 0.533. The summed E-state index contributed by atoms with van der Waals surface area (Å²) in [4.78, 5) is 0. The fraction of sp³-hybridized carbons (Fsp3) is 0.800. The minimum Gasteiger partial charge on any atom is -0.464 e. The molecule has 3 rings (SSSR count). The van der Waals surface area contributed by atoms with Gasteiger partial charge >= 0.3 is 0 Å². The van der Waals surface area contributed by atoms with Gasteiger partial charge in [0.05, 0.1) is 12.4 Å². The predicted molar refractivity (Wildman–Crippen MR) is 46.0 cm³/mol. The van der Waals surface area contributed by atoms with Crippen LogP contribution in [0.15, 0.2) is 11.8 Å². The highest BCUT2D eigenvalue weighted by molar-refractivity contribution is 5.18. The predicted octanol–water partition coefficient (Wildman–Crippen LogP) is 1.58. The van der Waals surface area contributed by atoms with Crippen molar-refractivity contribution in [1.29, 1.82) is 0 Å². The van der Waals surface area contributed by atoms with Crippen LogP contribution < -0.4 is 0 Å². The van der Waals surface area contributed by atoms with Crippen LogP contribution in [0.5, 0.6) is 0 Å². The molecule has 3 aliphatic rings. The molecule has 0 aliphatic carbocycles. The number of fused-ring (bicyclic) bond motifs is 2. The van der Waals surface area contributed by atoms with Gasteiger partial charge in [-0.25, -0.2) is 0 Å². The molecule has 13 heavy (non-hydrogen) atoms. The van der Waals surface area contributed by atoms with Crippen molar-refractivity contribution in [3.63, 3.8) is 0 Å². The molecule has 3 nitrogen and oxygen atoms in total. The third kappa shape index (κ3) is 0.816. The van der Waals surface area contributed by atoms with Crippen molar-refractivity contribution in [2.75, 3.05) is 6.61 Å². The fourth-order valence-corrected chi connectivity index (χ4v) is 2.41. The minimum atomic E-state index is -0.476. The van der Waals surface area contributed by atoms with Crippen molar-refractivity contribution in [2.45, 2.75) is 44.2 Å². The molecule has 2 saturated heterocycles. The number of rotatable bonds is 0. The lowest BCUT2D eigenvalue weighted by Crippen LogP contribution is -2.46. The van der Waals surface area contributed by atoms with Crippen LogP contribution in [0, 0.1) is 0 Å². The largest absolute Gasteiger partial charge is 0.464 e. The van der Waals surface area contributed by atoms with E-state index in [0.29, 0.717) is 6.61 Å². The van der Waals surface area contributed by atoms with Crippen molar-refractivity contribution < 1.29 is 14.2 Å². The van der Waals surface area contributed by atoms with E-state index in [2.05, 4.69) is 13.0 Å². The van der Waals surface area contributed by atoms with E-state index in [1.54, 1.807) is 0 Å². The van der Waals surface area contributed by atoms with Crippen molar-refractivity contribution in [2.24, 2.45) is 0 Å². The lowest BCUT2D eigenvalue weighted by atomic mass is 9.93. The lowest BCUT2D eigenvalue weighted by Gasteiger charge is -2.37. The number of ether oxygens (including phenoxy) is 3. The first-order valence-electron chi connectivity index (χ1n) is 4.84. The molecule has 0 radical (unpaired) electrons. The Bertz CT molecular complexity index is 284. The van der Waals surface area contributed by atoms with E-state index in [-0.39, 0.29) is 11.7 Å². The fourth-order valence-electron chi connectivity index (χ4n) is 2.41. The Kier molecular flexibility index (Phi) is 1.26. The third-order valence-electron chi connectivity index (χ3n) is 3.40. The van der Waals surface area contributed by atoms with Crippen molar-refractivity contribution >= 4 is 0 Å². The first kappa shape index (κ1) is 7.83. The van der Waals surface area contributed by atoms with Crippen molar-refractivity contribution in [1.82, 2.24) is 0 Å². The van der Waals surface area contributed by atoms with Crippen LogP contribution in [0.4, 0.5) is 0 Å². The molecule has 72 valence electrons. The summed E-state index contributed by atoms with van der Waals surface area (Å²) in [5, 5.41) is 0. The van der Waals surface area contributed by atoms with Gasteiger partial charge in [-0.3, -0.25) is 0 Å². The Morgan fingerprint density at radius 2 is 2.38 bits per heavy atom. The first-order chi connectivity index (χ1) is 6.16. The van der Waals surface area contributed by atoms with Crippen LogP contribution in [0.25, 0.3) is 0 Å². The molecule has 3 aliphatic heterocycles. The molecule has 3 unspecified atom stereocenters. The minimum absolute atomic E-state index is 0.178. The summed E-state index contributed by atoms with van der Waals surface area (Å²) in [6.45, 7) is 4.75. The van der Waals surface area contributed by atoms with Gasteiger partial charge in [0, 0.05) is 6.42 Å². The number of epoxide rings is 1. The summed E-state index contributed by atoms with van der Waals surface area (Å²) in [5.41, 5.74) is -0.178. The Morgan fingerprint density at radius 3 is 2.92 bits per heavy atom. The van der Waals surface area contributed by atoms with Crippen LogP contribution in [0.2, 0.25) is 0 Å². The molecule has 0 saturated carbocycles. The molecule has 0 aromatic heterocycles. The van der Waals surface area contributed by atoms with Gasteiger partial charge in [0.2, 0.25) is 5.79 Å². The number of hydrogen-bond donors (Lipinski definition) is 0. The van der Waals surface area contributed by atoms with Gasteiger partial charge in [0.1, 0.15) is 6.10 Å². The first-order valence-corrected chi connectivity index (χ1v) is 4.84. The molecule has 0 aromatic rings. The smallest absolute Gasteiger partial charge is 0.242 e. The summed E-state index contributed by atoms with van der Waals surface area (Å²) in [5.74, 6) is 0.486. The van der Waals surface area contributed by atoms with Gasteiger partial charge in [-0.15, -0.1) is 0 Å². The maximum atomic E-state index is 5.81. The molecule has 0 bridgehead atoms. The van der Waals surface area contributed by atoms with Gasteiger partial charge in [-0.2, -0.15) is 0 Å². The third-order valence-corrected chi connectivity index (χ3v) is 3.40. The Balaban J connectivity index is 1.93. The van der Waals surface area contributed by atoms with Crippen LogP contribution in [-0.4, -0.2) is 24.1 Å². The molecular formula is C10H14O3. The average molecular weight is 182 g/mol. The molecule has 0 aromatic carbocycles. The van der Waals surface area contributed by atoms with E-state index in [9.17, 15) is 0 Å². The zero-order valence-corrected chi connectivity index (χ0v) is 8.00. The van der Waals surface area contributed by atoms with Gasteiger partial charge in [0.15, 0.2) is 5.60 Å². The lowest BCUT2D eigenvalue weighted by molar-refractivity contribution is -0.247. The maximum absolute atomic E-state index is 5.81. The van der Waals surface area contributed by atoms with E-state index in [0.717, 1.165) is 18.6 Å². The molecule has 3 heteroatoms. The summed E-state index contributed by atoms with van der Waals surface area (Å²) in [7, 11) is 0. The monoisotopic (exact) mass is 182 g/mol. The van der Waals surface area contributed by atoms with E-state index >= 15 is 0 Å². The standard InChI is InChI=1S/C10H14O3/c1-7-4-3-5-10(12-7)9(2)8(13-9)6-11-10/h4,8H,3,5-6H2,1-2H3. The van der Waals surface area contributed by atoms with E-state index < -0.39 is 5.79 Å². The van der Waals surface area contributed by atoms with Gasteiger partial charge < -0.3 is 14.2 Å². The summed E-state index contributed by atoms with van der Waals surface area (Å²) in [6.07, 6.45) is 4.31. The second-order valence-electron chi connectivity index (χ2n) is 4.23. The summed E-state index contributed by atoms with van der Waals surface area (Å²) < 4.78 is 17.1. The van der Waals surface area contributed by atoms with E-state index in [1.807, 2.05) is 6.92 Å². The van der Waals surface area contributed by atoms with Crippen molar-refractivity contribution in [3.05, 3.63) is 11.8 Å². The normalized spacial score (nSPS) is 52.8. The Morgan fingerprint density at radius 1 is 1.54 bits per heavy atom. The van der Waals surface area contributed by atoms with E-state index in [1.165, 1.54) is 0 Å². The maximum Gasteiger partial charge on any atom is 0.242 e. The van der Waals surface area contributed by atoms with Crippen molar-refractivity contribution in [3.8, 4) is 0 Å². The molecule has 3 atom stereocenters. The number of hydrogen-bond acceptors (Lipinski definition) is 3. The highest BCUT2D eigenvalue weighted by Gasteiger charge is 2.74. The molecular weight excluding hydrogens is 168 g/mol. The van der Waals surface area contributed by atoms with Crippen LogP contribution in [-0.2, 0) is 14.2 Å². The summed E-state index contributed by atoms with van der Waals surface area (Å²) >= 11 is 0. The molecule has 3 heterocycles. The highest BCUT2D eigenvalue weighted by atomic mass is 16.8. The number of allylic oxidation sites excluding steroid dienone is 2. The topological polar surface area (TPSA) is 31.0 Å². The van der Waals surface area contributed by atoms with Gasteiger partial charge in [-0.05, 0) is 26.3 Å². The second kappa shape index (κ2) is 2.10. The summed E-state index contributed by atoms with van der Waals surface area (Å²) in [6, 6.07) is 0. The molecule has 0 N–H and O–H groups in total. The van der Waals surface area contributed by atoms with E-state index in [4.69, 9.17) is 14.2 Å². The molecule has 0 amide bonds. The zero-order chi connectivity index (χ0) is 9.10. The molecule has 2 fully saturated rings. The van der Waals surface area contributed by atoms with Gasteiger partial charge in [-0.1, -0.05) is 0 Å². The van der Waals surface area contributed by atoms with Gasteiger partial charge in [0.25, 0.3) is 0 Å². The average Bonchev–Trinajstić information content (AvgIpc) is 2.69. The Labute approximate surface area is 77.7 Å². The SMILES string of the molecule is CC1=CCCC2(OCC3OC32C)O1. The zero-order valence-electron chi connectivity index (χ0n) is 8.00. The second-order valence-corrected chi connectivity index (χ2v) is 4.23. The molecule has 1 spiro atoms. The van der Waals surface area contributed by atoms with Crippen LogP contribution in [0.3, 0.4) is 0 Å². The van der Waals surface area contributed by atoms with Crippen LogP contribution in [0.1, 0.15) is 26.7 Å². The Hall–Kier alpha value is -0.540.